The lowest BCUT2D eigenvalue weighted by Crippen LogP contribution is -2.17. The molecule has 0 radical (unpaired) electrons. The van der Waals surface area contributed by atoms with Gasteiger partial charge in [0.25, 0.3) is 0 Å². The first-order chi connectivity index (χ1) is 13.5. The summed E-state index contributed by atoms with van der Waals surface area (Å²) in [6.45, 7) is 8.36. The third-order valence-electron chi connectivity index (χ3n) is 5.60. The SMILES string of the molecule is CCOC(=O)c1ccc(CCC(Cc2ccccc2C(C)=O)C(C)CC)cc1. The summed E-state index contributed by atoms with van der Waals surface area (Å²) in [5.74, 6) is 0.953. The molecule has 3 nitrogen and oxygen atoms in total. The number of aryl methyl sites for hydroxylation is 1. The smallest absolute Gasteiger partial charge is 0.338 e. The fourth-order valence-corrected chi connectivity index (χ4v) is 3.62. The van der Waals surface area contributed by atoms with Gasteiger partial charge in [0.2, 0.25) is 0 Å². The van der Waals surface area contributed by atoms with Gasteiger partial charge in [-0.3, -0.25) is 4.79 Å². The molecule has 2 rings (SSSR count). The zero-order valence-electron chi connectivity index (χ0n) is 17.5. The Balaban J connectivity index is 2.07. The molecule has 0 aromatic heterocycles. The predicted octanol–water partition coefficient (Wildman–Crippen LogP) is 5.90. The predicted molar refractivity (Wildman–Crippen MR) is 114 cm³/mol. The standard InChI is InChI=1S/C25H32O3/c1-5-18(3)22(17-23-9-7-8-10-24(23)19(4)26)16-13-20-11-14-21(15-12-20)25(27)28-6-2/h7-12,14-15,18,22H,5-6,13,16-17H2,1-4H3. The van der Waals surface area contributed by atoms with Crippen LogP contribution in [0.15, 0.2) is 48.5 Å². The fraction of sp³-hybridized carbons (Fsp3) is 0.440. The number of ketones is 1. The molecule has 0 spiro atoms. The van der Waals surface area contributed by atoms with Crippen LogP contribution in [0.25, 0.3) is 0 Å². The normalized spacial score (nSPS) is 13.0. The number of Topliss-reactive ketones (excluding diaryl/α,β-unsaturated/α-hetero) is 1. The monoisotopic (exact) mass is 380 g/mol. The summed E-state index contributed by atoms with van der Waals surface area (Å²) in [5, 5.41) is 0. The molecule has 0 amide bonds. The van der Waals surface area contributed by atoms with Crippen molar-refractivity contribution in [2.24, 2.45) is 11.8 Å². The van der Waals surface area contributed by atoms with Gasteiger partial charge in [0.15, 0.2) is 5.78 Å². The van der Waals surface area contributed by atoms with Gasteiger partial charge in [0.1, 0.15) is 0 Å². The Hall–Kier alpha value is -2.42. The van der Waals surface area contributed by atoms with Gasteiger partial charge in [-0.25, -0.2) is 4.79 Å². The first-order valence-corrected chi connectivity index (χ1v) is 10.3. The molecule has 0 fully saturated rings. The van der Waals surface area contributed by atoms with Crippen LogP contribution in [0.3, 0.4) is 0 Å². The van der Waals surface area contributed by atoms with E-state index in [4.69, 9.17) is 4.74 Å². The van der Waals surface area contributed by atoms with Gasteiger partial charge >= 0.3 is 5.97 Å². The van der Waals surface area contributed by atoms with Gasteiger partial charge in [-0.2, -0.15) is 0 Å². The Morgan fingerprint density at radius 3 is 2.29 bits per heavy atom. The van der Waals surface area contributed by atoms with Crippen molar-refractivity contribution in [1.29, 1.82) is 0 Å². The molecule has 2 unspecified atom stereocenters. The van der Waals surface area contributed by atoms with E-state index >= 15 is 0 Å². The molecule has 3 heteroatoms. The van der Waals surface area contributed by atoms with Gasteiger partial charge < -0.3 is 4.74 Å². The van der Waals surface area contributed by atoms with Crippen molar-refractivity contribution in [3.05, 3.63) is 70.8 Å². The molecular weight excluding hydrogens is 348 g/mol. The molecule has 0 aliphatic carbocycles. The van der Waals surface area contributed by atoms with Crippen LogP contribution in [-0.2, 0) is 17.6 Å². The van der Waals surface area contributed by atoms with Crippen LogP contribution >= 0.6 is 0 Å². The number of esters is 1. The summed E-state index contributed by atoms with van der Waals surface area (Å²) in [4.78, 5) is 23.8. The second-order valence-corrected chi connectivity index (χ2v) is 7.52. The lowest BCUT2D eigenvalue weighted by Gasteiger charge is -2.24. The first kappa shape index (κ1) is 21.9. The summed E-state index contributed by atoms with van der Waals surface area (Å²) in [5.41, 5.74) is 3.81. The van der Waals surface area contributed by atoms with Crippen molar-refractivity contribution in [3.8, 4) is 0 Å². The number of rotatable bonds is 10. The lowest BCUT2D eigenvalue weighted by molar-refractivity contribution is 0.0526. The van der Waals surface area contributed by atoms with E-state index in [9.17, 15) is 9.59 Å². The molecule has 0 aliphatic heterocycles. The molecule has 0 N–H and O–H groups in total. The van der Waals surface area contributed by atoms with Gasteiger partial charge in [-0.1, -0.05) is 56.7 Å². The Kier molecular flexibility index (Phi) is 8.43. The van der Waals surface area contributed by atoms with E-state index in [-0.39, 0.29) is 11.8 Å². The van der Waals surface area contributed by atoms with Crippen LogP contribution < -0.4 is 0 Å². The van der Waals surface area contributed by atoms with Crippen molar-refractivity contribution >= 4 is 11.8 Å². The number of ether oxygens (including phenoxy) is 1. The van der Waals surface area contributed by atoms with Crippen LogP contribution in [0.1, 0.15) is 72.4 Å². The van der Waals surface area contributed by atoms with Crippen LogP contribution in [0.4, 0.5) is 0 Å². The fourth-order valence-electron chi connectivity index (χ4n) is 3.62. The van der Waals surface area contributed by atoms with Gasteiger partial charge in [0, 0.05) is 5.56 Å². The molecule has 2 aromatic rings. The number of hydrogen-bond donors (Lipinski definition) is 0. The minimum atomic E-state index is -0.271. The molecular formula is C25H32O3. The van der Waals surface area contributed by atoms with Crippen LogP contribution in [0.2, 0.25) is 0 Å². The molecule has 0 aliphatic rings. The Morgan fingerprint density at radius 2 is 1.68 bits per heavy atom. The average molecular weight is 381 g/mol. The van der Waals surface area contributed by atoms with E-state index in [0.717, 1.165) is 36.8 Å². The highest BCUT2D eigenvalue weighted by Gasteiger charge is 2.19. The quantitative estimate of drug-likeness (QED) is 0.380. The Labute approximate surface area is 169 Å². The summed E-state index contributed by atoms with van der Waals surface area (Å²) < 4.78 is 5.04. The van der Waals surface area contributed by atoms with E-state index in [1.54, 1.807) is 6.92 Å². The average Bonchev–Trinajstić information content (AvgIpc) is 2.71. The topological polar surface area (TPSA) is 43.4 Å². The van der Waals surface area contributed by atoms with Gasteiger partial charge in [-0.05, 0) is 68.2 Å². The zero-order valence-corrected chi connectivity index (χ0v) is 17.5. The van der Waals surface area contributed by atoms with Crippen LogP contribution in [-0.4, -0.2) is 18.4 Å². The Morgan fingerprint density at radius 1 is 1.00 bits per heavy atom. The second-order valence-electron chi connectivity index (χ2n) is 7.52. The van der Waals surface area contributed by atoms with Crippen molar-refractivity contribution in [3.63, 3.8) is 0 Å². The minimum absolute atomic E-state index is 0.132. The van der Waals surface area contributed by atoms with Crippen molar-refractivity contribution in [2.45, 2.75) is 53.4 Å². The maximum absolute atomic E-state index is 12.0. The van der Waals surface area contributed by atoms with E-state index in [1.807, 2.05) is 49.4 Å². The van der Waals surface area contributed by atoms with Crippen molar-refractivity contribution in [2.75, 3.05) is 6.61 Å². The molecule has 2 atom stereocenters. The van der Waals surface area contributed by atoms with E-state index in [1.165, 1.54) is 5.56 Å². The highest BCUT2D eigenvalue weighted by atomic mass is 16.5. The summed E-state index contributed by atoms with van der Waals surface area (Å²) >= 11 is 0. The summed E-state index contributed by atoms with van der Waals surface area (Å²) in [6.07, 6.45) is 4.06. The first-order valence-electron chi connectivity index (χ1n) is 10.3. The minimum Gasteiger partial charge on any atom is -0.462 e. The van der Waals surface area contributed by atoms with E-state index < -0.39 is 0 Å². The number of hydrogen-bond acceptors (Lipinski definition) is 3. The lowest BCUT2D eigenvalue weighted by atomic mass is 9.81. The molecule has 0 saturated heterocycles. The second kappa shape index (κ2) is 10.8. The molecule has 0 saturated carbocycles. The zero-order chi connectivity index (χ0) is 20.5. The summed E-state index contributed by atoms with van der Waals surface area (Å²) in [6, 6.07) is 15.7. The van der Waals surface area contributed by atoms with Crippen LogP contribution in [0.5, 0.6) is 0 Å². The number of benzene rings is 2. The van der Waals surface area contributed by atoms with E-state index in [2.05, 4.69) is 19.9 Å². The van der Waals surface area contributed by atoms with Crippen molar-refractivity contribution < 1.29 is 14.3 Å². The van der Waals surface area contributed by atoms with Gasteiger partial charge in [-0.15, -0.1) is 0 Å². The van der Waals surface area contributed by atoms with Gasteiger partial charge in [0.05, 0.1) is 12.2 Å². The van der Waals surface area contributed by atoms with Crippen molar-refractivity contribution in [1.82, 2.24) is 0 Å². The highest BCUT2D eigenvalue weighted by Crippen LogP contribution is 2.27. The molecule has 0 bridgehead atoms. The van der Waals surface area contributed by atoms with Crippen LogP contribution in [0, 0.1) is 11.8 Å². The maximum atomic E-state index is 12.0. The molecule has 2 aromatic carbocycles. The summed E-state index contributed by atoms with van der Waals surface area (Å²) in [7, 11) is 0. The molecule has 150 valence electrons. The molecule has 0 heterocycles. The third-order valence-corrected chi connectivity index (χ3v) is 5.60. The maximum Gasteiger partial charge on any atom is 0.338 e. The largest absolute Gasteiger partial charge is 0.462 e. The molecule has 28 heavy (non-hydrogen) atoms. The Bertz CT molecular complexity index is 777. The third kappa shape index (κ3) is 6.05. The van der Waals surface area contributed by atoms with E-state index in [0.29, 0.717) is 24.0 Å². The highest BCUT2D eigenvalue weighted by molar-refractivity contribution is 5.95. The number of carbonyl (C=O) groups is 2. The number of carbonyl (C=O) groups excluding carboxylic acids is 2.